The van der Waals surface area contributed by atoms with Crippen molar-refractivity contribution >= 4 is 5.96 Å². The summed E-state index contributed by atoms with van der Waals surface area (Å²) in [5, 5.41) is 6.93. The molecule has 22 heavy (non-hydrogen) atoms. The van der Waals surface area contributed by atoms with Gasteiger partial charge in [-0.25, -0.2) is 0 Å². The molecular formula is C18H37N3O. The third kappa shape index (κ3) is 8.02. The van der Waals surface area contributed by atoms with Gasteiger partial charge in [-0.15, -0.1) is 0 Å². The van der Waals surface area contributed by atoms with Gasteiger partial charge in [0.1, 0.15) is 0 Å². The fraction of sp³-hybridized carbons (Fsp3) is 0.944. The van der Waals surface area contributed by atoms with E-state index in [1.54, 1.807) is 0 Å². The first kappa shape index (κ1) is 19.3. The Kier molecular flexibility index (Phi) is 9.53. The van der Waals surface area contributed by atoms with Gasteiger partial charge in [0.15, 0.2) is 5.96 Å². The third-order valence-corrected chi connectivity index (χ3v) is 4.48. The van der Waals surface area contributed by atoms with E-state index in [2.05, 4.69) is 38.3 Å². The van der Waals surface area contributed by atoms with Crippen LogP contribution in [0.25, 0.3) is 0 Å². The van der Waals surface area contributed by atoms with Crippen LogP contribution in [0.15, 0.2) is 4.99 Å². The Morgan fingerprint density at radius 2 is 2.00 bits per heavy atom. The van der Waals surface area contributed by atoms with E-state index in [4.69, 9.17) is 9.73 Å². The third-order valence-electron chi connectivity index (χ3n) is 4.48. The van der Waals surface area contributed by atoms with Crippen molar-refractivity contribution in [1.82, 2.24) is 10.6 Å². The van der Waals surface area contributed by atoms with Crippen LogP contribution >= 0.6 is 0 Å². The molecule has 0 saturated heterocycles. The zero-order chi connectivity index (χ0) is 16.3. The van der Waals surface area contributed by atoms with E-state index in [0.717, 1.165) is 38.7 Å². The highest BCUT2D eigenvalue weighted by molar-refractivity contribution is 5.80. The lowest BCUT2D eigenvalue weighted by Crippen LogP contribution is -2.42. The van der Waals surface area contributed by atoms with Gasteiger partial charge in [0.25, 0.3) is 0 Å². The van der Waals surface area contributed by atoms with Crippen molar-refractivity contribution in [3.63, 3.8) is 0 Å². The molecule has 1 aliphatic carbocycles. The normalized spacial score (nSPS) is 18.1. The zero-order valence-corrected chi connectivity index (χ0v) is 15.2. The molecule has 1 aliphatic rings. The smallest absolute Gasteiger partial charge is 0.191 e. The highest BCUT2D eigenvalue weighted by Crippen LogP contribution is 2.48. The standard InChI is InChI=1S/C18H37N3O/c1-5-8-9-10-16(4)21-17(19-6-2)20-15-18(11-12-18)13-14-22-7-3/h16H,5-15H2,1-4H3,(H2,19,20,21). The van der Waals surface area contributed by atoms with Crippen molar-refractivity contribution in [2.45, 2.75) is 78.7 Å². The summed E-state index contributed by atoms with van der Waals surface area (Å²) in [5.41, 5.74) is 0.420. The maximum atomic E-state index is 5.50. The molecule has 0 aromatic carbocycles. The van der Waals surface area contributed by atoms with Gasteiger partial charge in [0, 0.05) is 32.3 Å². The molecule has 1 atom stereocenters. The number of hydrogen-bond donors (Lipinski definition) is 2. The van der Waals surface area contributed by atoms with Gasteiger partial charge in [-0.2, -0.15) is 0 Å². The van der Waals surface area contributed by atoms with Crippen molar-refractivity contribution in [3.05, 3.63) is 0 Å². The lowest BCUT2D eigenvalue weighted by Gasteiger charge is -2.19. The molecule has 0 amide bonds. The molecule has 1 unspecified atom stereocenters. The summed E-state index contributed by atoms with van der Waals surface area (Å²) in [6, 6.07) is 0.489. The maximum absolute atomic E-state index is 5.50. The van der Waals surface area contributed by atoms with Crippen molar-refractivity contribution < 1.29 is 4.74 Å². The number of rotatable bonds is 12. The number of unbranched alkanes of at least 4 members (excludes halogenated alkanes) is 2. The lowest BCUT2D eigenvalue weighted by atomic mass is 10.0. The fourth-order valence-electron chi connectivity index (χ4n) is 2.67. The molecule has 2 N–H and O–H groups in total. The van der Waals surface area contributed by atoms with Gasteiger partial charge in [-0.1, -0.05) is 26.2 Å². The van der Waals surface area contributed by atoms with Crippen LogP contribution < -0.4 is 10.6 Å². The van der Waals surface area contributed by atoms with Gasteiger partial charge < -0.3 is 15.4 Å². The second-order valence-electron chi connectivity index (χ2n) is 6.68. The molecule has 130 valence electrons. The summed E-state index contributed by atoms with van der Waals surface area (Å²) < 4.78 is 5.50. The summed E-state index contributed by atoms with van der Waals surface area (Å²) >= 11 is 0. The second-order valence-corrected chi connectivity index (χ2v) is 6.68. The molecular weight excluding hydrogens is 274 g/mol. The molecule has 0 radical (unpaired) electrons. The summed E-state index contributed by atoms with van der Waals surface area (Å²) in [4.78, 5) is 4.83. The first-order chi connectivity index (χ1) is 10.7. The van der Waals surface area contributed by atoms with Crippen LogP contribution in [0.5, 0.6) is 0 Å². The van der Waals surface area contributed by atoms with Crippen LogP contribution in [0.3, 0.4) is 0 Å². The largest absolute Gasteiger partial charge is 0.382 e. The molecule has 0 aromatic rings. The predicted molar refractivity (Wildman–Crippen MR) is 95.5 cm³/mol. The van der Waals surface area contributed by atoms with Crippen molar-refractivity contribution in [2.75, 3.05) is 26.3 Å². The van der Waals surface area contributed by atoms with Crippen LogP contribution in [0, 0.1) is 5.41 Å². The average molecular weight is 312 g/mol. The number of aliphatic imine (C=N–C) groups is 1. The van der Waals surface area contributed by atoms with Crippen LogP contribution in [0.2, 0.25) is 0 Å². The molecule has 0 spiro atoms. The molecule has 1 saturated carbocycles. The molecule has 0 bridgehead atoms. The van der Waals surface area contributed by atoms with E-state index in [1.165, 1.54) is 38.5 Å². The molecule has 4 heteroatoms. The van der Waals surface area contributed by atoms with E-state index < -0.39 is 0 Å². The van der Waals surface area contributed by atoms with Crippen molar-refractivity contribution in [3.8, 4) is 0 Å². The van der Waals surface area contributed by atoms with E-state index in [-0.39, 0.29) is 0 Å². The zero-order valence-electron chi connectivity index (χ0n) is 15.2. The summed E-state index contributed by atoms with van der Waals surface area (Å²) in [6.07, 6.45) is 8.86. The van der Waals surface area contributed by atoms with E-state index in [0.29, 0.717) is 11.5 Å². The first-order valence-electron chi connectivity index (χ1n) is 9.28. The minimum absolute atomic E-state index is 0.420. The lowest BCUT2D eigenvalue weighted by molar-refractivity contribution is 0.129. The summed E-state index contributed by atoms with van der Waals surface area (Å²) in [5.74, 6) is 0.981. The van der Waals surface area contributed by atoms with Crippen molar-refractivity contribution in [2.24, 2.45) is 10.4 Å². The Morgan fingerprint density at radius 3 is 2.59 bits per heavy atom. The predicted octanol–water partition coefficient (Wildman–Crippen LogP) is 3.72. The number of nitrogens with zero attached hydrogens (tertiary/aromatic N) is 1. The topological polar surface area (TPSA) is 45.7 Å². The van der Waals surface area contributed by atoms with Gasteiger partial charge in [-0.3, -0.25) is 4.99 Å². The van der Waals surface area contributed by atoms with Crippen LogP contribution in [-0.4, -0.2) is 38.3 Å². The average Bonchev–Trinajstić information content (AvgIpc) is 3.26. The molecule has 0 aromatic heterocycles. The Bertz CT molecular complexity index is 313. The van der Waals surface area contributed by atoms with Crippen LogP contribution in [-0.2, 0) is 4.74 Å². The van der Waals surface area contributed by atoms with Gasteiger partial charge >= 0.3 is 0 Å². The molecule has 4 nitrogen and oxygen atoms in total. The Hall–Kier alpha value is -0.770. The van der Waals surface area contributed by atoms with Crippen LogP contribution in [0.4, 0.5) is 0 Å². The minimum atomic E-state index is 0.420. The maximum Gasteiger partial charge on any atom is 0.191 e. The first-order valence-corrected chi connectivity index (χ1v) is 9.28. The Labute approximate surface area is 137 Å². The number of nitrogens with one attached hydrogen (secondary N) is 2. The van der Waals surface area contributed by atoms with E-state index in [9.17, 15) is 0 Å². The van der Waals surface area contributed by atoms with Gasteiger partial charge in [-0.05, 0) is 51.9 Å². The molecule has 1 rings (SSSR count). The Balaban J connectivity index is 2.37. The summed E-state index contributed by atoms with van der Waals surface area (Å²) in [7, 11) is 0. The quantitative estimate of drug-likeness (QED) is 0.328. The number of guanidine groups is 1. The highest BCUT2D eigenvalue weighted by atomic mass is 16.5. The van der Waals surface area contributed by atoms with E-state index in [1.807, 2.05) is 0 Å². The molecule has 0 aliphatic heterocycles. The Morgan fingerprint density at radius 1 is 1.23 bits per heavy atom. The molecule has 1 fully saturated rings. The second kappa shape index (κ2) is 10.9. The number of hydrogen-bond acceptors (Lipinski definition) is 2. The SMILES string of the molecule is CCCCCC(C)NC(=NCC1(CCOCC)CC1)NCC. The highest BCUT2D eigenvalue weighted by Gasteiger charge is 2.41. The van der Waals surface area contributed by atoms with Gasteiger partial charge in [0.05, 0.1) is 0 Å². The van der Waals surface area contributed by atoms with Gasteiger partial charge in [0.2, 0.25) is 0 Å². The van der Waals surface area contributed by atoms with Crippen molar-refractivity contribution in [1.29, 1.82) is 0 Å². The number of ether oxygens (including phenoxy) is 1. The minimum Gasteiger partial charge on any atom is -0.382 e. The van der Waals surface area contributed by atoms with Crippen LogP contribution in [0.1, 0.15) is 72.6 Å². The summed E-state index contributed by atoms with van der Waals surface area (Å²) in [6.45, 7) is 12.2. The monoisotopic (exact) mass is 311 g/mol. The fourth-order valence-corrected chi connectivity index (χ4v) is 2.67. The van der Waals surface area contributed by atoms with E-state index >= 15 is 0 Å². The molecule has 0 heterocycles.